The van der Waals surface area contributed by atoms with E-state index < -0.39 is 29.2 Å². The molecule has 0 spiro atoms. The maximum Gasteiger partial charge on any atom is 0.259 e. The molecule has 0 saturated carbocycles. The third-order valence-electron chi connectivity index (χ3n) is 5.76. The molecule has 1 aromatic carbocycles. The van der Waals surface area contributed by atoms with Crippen molar-refractivity contribution >= 4 is 11.7 Å². The number of hydrogen-bond donors (Lipinski definition) is 2. The molecule has 0 radical (unpaired) electrons. The number of nitrogens with one attached hydrogen (secondary N) is 2. The van der Waals surface area contributed by atoms with Gasteiger partial charge in [-0.1, -0.05) is 13.0 Å². The molecule has 5 nitrogen and oxygen atoms in total. The van der Waals surface area contributed by atoms with Crippen molar-refractivity contribution in [3.05, 3.63) is 71.2 Å². The molecular formula is C24H28F4N4O. The number of halogens is 4. The van der Waals surface area contributed by atoms with Crippen molar-refractivity contribution in [1.82, 2.24) is 14.9 Å². The Hall–Kier alpha value is -2.94. The van der Waals surface area contributed by atoms with Crippen molar-refractivity contribution in [2.75, 3.05) is 18.9 Å². The van der Waals surface area contributed by atoms with Crippen LogP contribution in [-0.2, 0) is 17.8 Å². The van der Waals surface area contributed by atoms with Crippen LogP contribution in [-0.4, -0.2) is 29.1 Å². The summed E-state index contributed by atoms with van der Waals surface area (Å²) in [5.74, 6) is -4.74. The smallest absolute Gasteiger partial charge is 0.259 e. The number of anilines is 1. The van der Waals surface area contributed by atoms with Crippen LogP contribution in [0.4, 0.5) is 23.4 Å². The molecule has 0 saturated heterocycles. The zero-order valence-corrected chi connectivity index (χ0v) is 18.7. The highest BCUT2D eigenvalue weighted by Gasteiger charge is 2.24. The summed E-state index contributed by atoms with van der Waals surface area (Å²) in [5.41, 5.74) is 0.292. The number of nitrogens with zero attached hydrogens (tertiary/aromatic N) is 2. The van der Waals surface area contributed by atoms with Crippen molar-refractivity contribution in [2.45, 2.75) is 39.2 Å². The van der Waals surface area contributed by atoms with Gasteiger partial charge in [0.2, 0.25) is 0 Å². The van der Waals surface area contributed by atoms with Crippen LogP contribution in [0.15, 0.2) is 48.2 Å². The molecule has 1 aromatic heterocycles. The first-order valence-corrected chi connectivity index (χ1v) is 11.0. The number of hydrogen-bond acceptors (Lipinski definition) is 3. The number of benzene rings is 1. The van der Waals surface area contributed by atoms with Gasteiger partial charge in [-0.05, 0) is 74.9 Å². The van der Waals surface area contributed by atoms with Gasteiger partial charge in [-0.2, -0.15) is 0 Å². The van der Waals surface area contributed by atoms with Crippen LogP contribution in [0.3, 0.4) is 0 Å². The van der Waals surface area contributed by atoms with E-state index in [4.69, 9.17) is 0 Å². The van der Waals surface area contributed by atoms with Gasteiger partial charge in [-0.25, -0.2) is 22.5 Å². The molecule has 2 aromatic rings. The standard InChI is InChI=1S/C24H28F4N4O/c1-3-15-8-16(4-6-29-2)10-19(25)18(9-15)24(33)31-22-13-32(14-30-22)7-5-17-11-20(26)23(28)21(27)12-17/h9-16,29H,3-8H2,1-2H3,(H,31,33). The number of aromatic nitrogens is 2. The van der Waals surface area contributed by atoms with E-state index >= 15 is 0 Å². The number of allylic oxidation sites excluding steroid dienone is 2. The summed E-state index contributed by atoms with van der Waals surface area (Å²) in [6.45, 7) is 3.08. The zero-order valence-electron chi connectivity index (χ0n) is 18.7. The Balaban J connectivity index is 1.65. The van der Waals surface area contributed by atoms with Crippen molar-refractivity contribution in [2.24, 2.45) is 11.8 Å². The summed E-state index contributed by atoms with van der Waals surface area (Å²) in [7, 11) is 1.85. The molecular weight excluding hydrogens is 436 g/mol. The highest BCUT2D eigenvalue weighted by molar-refractivity contribution is 6.06. The summed E-state index contributed by atoms with van der Waals surface area (Å²) in [4.78, 5) is 16.9. The number of aryl methyl sites for hydroxylation is 2. The summed E-state index contributed by atoms with van der Waals surface area (Å²) >= 11 is 0. The Morgan fingerprint density at radius 3 is 2.55 bits per heavy atom. The molecule has 33 heavy (non-hydrogen) atoms. The van der Waals surface area contributed by atoms with Gasteiger partial charge in [-0.3, -0.25) is 4.79 Å². The Morgan fingerprint density at radius 2 is 1.88 bits per heavy atom. The molecule has 178 valence electrons. The molecule has 1 aliphatic carbocycles. The molecule has 0 bridgehead atoms. The second-order valence-electron chi connectivity index (χ2n) is 8.23. The third-order valence-corrected chi connectivity index (χ3v) is 5.76. The van der Waals surface area contributed by atoms with E-state index in [0.717, 1.165) is 37.9 Å². The number of imidazole rings is 1. The maximum absolute atomic E-state index is 14.9. The molecule has 2 N–H and O–H groups in total. The lowest BCUT2D eigenvalue weighted by atomic mass is 9.91. The van der Waals surface area contributed by atoms with Gasteiger partial charge in [0, 0.05) is 12.7 Å². The molecule has 1 heterocycles. The van der Waals surface area contributed by atoms with E-state index in [-0.39, 0.29) is 29.6 Å². The lowest BCUT2D eigenvalue weighted by Gasteiger charge is -2.15. The fourth-order valence-electron chi connectivity index (χ4n) is 3.88. The molecule has 1 amide bonds. The minimum Gasteiger partial charge on any atom is -0.335 e. The van der Waals surface area contributed by atoms with E-state index in [2.05, 4.69) is 15.6 Å². The van der Waals surface area contributed by atoms with Crippen LogP contribution >= 0.6 is 0 Å². The average Bonchev–Trinajstić information content (AvgIpc) is 3.16. The minimum atomic E-state index is -1.50. The van der Waals surface area contributed by atoms with Crippen LogP contribution in [0.25, 0.3) is 0 Å². The maximum atomic E-state index is 14.9. The lowest BCUT2D eigenvalue weighted by molar-refractivity contribution is -0.112. The van der Waals surface area contributed by atoms with Crippen LogP contribution < -0.4 is 10.6 Å². The largest absolute Gasteiger partial charge is 0.335 e. The number of amides is 1. The first-order chi connectivity index (χ1) is 15.8. The van der Waals surface area contributed by atoms with Gasteiger partial charge in [0.05, 0.1) is 11.9 Å². The van der Waals surface area contributed by atoms with Gasteiger partial charge in [0.25, 0.3) is 5.91 Å². The van der Waals surface area contributed by atoms with E-state index in [1.807, 2.05) is 14.0 Å². The second-order valence-corrected chi connectivity index (χ2v) is 8.23. The number of carbonyl (C=O) groups excluding carboxylic acids is 1. The zero-order chi connectivity index (χ0) is 24.0. The molecule has 2 atom stereocenters. The molecule has 3 rings (SSSR count). The van der Waals surface area contributed by atoms with Gasteiger partial charge >= 0.3 is 0 Å². The van der Waals surface area contributed by atoms with E-state index in [1.165, 1.54) is 12.4 Å². The van der Waals surface area contributed by atoms with Gasteiger partial charge in [0.1, 0.15) is 5.83 Å². The van der Waals surface area contributed by atoms with Crippen molar-refractivity contribution in [3.63, 3.8) is 0 Å². The predicted molar refractivity (Wildman–Crippen MR) is 119 cm³/mol. The first kappa shape index (κ1) is 24.7. The molecule has 0 fully saturated rings. The van der Waals surface area contributed by atoms with E-state index in [1.54, 1.807) is 16.8 Å². The Bertz CT molecular complexity index is 1020. The normalized spacial score (nSPS) is 18.5. The predicted octanol–water partition coefficient (Wildman–Crippen LogP) is 4.92. The highest BCUT2D eigenvalue weighted by atomic mass is 19.2. The number of carbonyl (C=O) groups is 1. The molecule has 0 aliphatic heterocycles. The van der Waals surface area contributed by atoms with Crippen molar-refractivity contribution in [3.8, 4) is 0 Å². The van der Waals surface area contributed by atoms with Crippen molar-refractivity contribution < 1.29 is 22.4 Å². The highest BCUT2D eigenvalue weighted by Crippen LogP contribution is 2.31. The Morgan fingerprint density at radius 1 is 1.15 bits per heavy atom. The third kappa shape index (κ3) is 6.54. The van der Waals surface area contributed by atoms with Crippen LogP contribution in [0.1, 0.15) is 31.7 Å². The van der Waals surface area contributed by atoms with Gasteiger partial charge in [0.15, 0.2) is 23.3 Å². The fraction of sp³-hybridized carbons (Fsp3) is 0.417. The quantitative estimate of drug-likeness (QED) is 0.409. The average molecular weight is 465 g/mol. The minimum absolute atomic E-state index is 0.000574. The molecule has 9 heteroatoms. The molecule has 2 unspecified atom stereocenters. The van der Waals surface area contributed by atoms with Gasteiger partial charge in [-0.15, -0.1) is 0 Å². The monoisotopic (exact) mass is 464 g/mol. The summed E-state index contributed by atoms with van der Waals surface area (Å²) in [6.07, 6.45) is 8.80. The molecule has 1 aliphatic rings. The summed E-state index contributed by atoms with van der Waals surface area (Å²) < 4.78 is 56.3. The lowest BCUT2D eigenvalue weighted by Crippen LogP contribution is -2.16. The first-order valence-electron chi connectivity index (χ1n) is 11.0. The van der Waals surface area contributed by atoms with Crippen LogP contribution in [0, 0.1) is 29.3 Å². The summed E-state index contributed by atoms with van der Waals surface area (Å²) in [6, 6.07) is 1.89. The van der Waals surface area contributed by atoms with Crippen LogP contribution in [0.5, 0.6) is 0 Å². The summed E-state index contributed by atoms with van der Waals surface area (Å²) in [5, 5.41) is 5.68. The number of rotatable bonds is 9. The van der Waals surface area contributed by atoms with Crippen molar-refractivity contribution in [1.29, 1.82) is 0 Å². The SMILES string of the molecule is CCC1C=C(C(=O)Nc2cn(CCc3cc(F)c(F)c(F)c3)cn2)C(F)=CC(CCNC)C1. The second kappa shape index (κ2) is 11.3. The topological polar surface area (TPSA) is 59.0 Å². The fourth-order valence-corrected chi connectivity index (χ4v) is 3.88. The Kier molecular flexibility index (Phi) is 8.43. The van der Waals surface area contributed by atoms with Gasteiger partial charge < -0.3 is 15.2 Å². The van der Waals surface area contributed by atoms with E-state index in [0.29, 0.717) is 12.1 Å². The van der Waals surface area contributed by atoms with E-state index in [9.17, 15) is 22.4 Å². The Labute approximate surface area is 190 Å². The van der Waals surface area contributed by atoms with Crippen LogP contribution in [0.2, 0.25) is 0 Å².